The Morgan fingerprint density at radius 3 is 2.61 bits per heavy atom. The summed E-state index contributed by atoms with van der Waals surface area (Å²) >= 11 is 0. The molecule has 4 saturated carbocycles. The van der Waals surface area contributed by atoms with Crippen LogP contribution in [0.2, 0.25) is 0 Å². The van der Waals surface area contributed by atoms with Gasteiger partial charge in [-0.3, -0.25) is 4.79 Å². The summed E-state index contributed by atoms with van der Waals surface area (Å²) in [6.45, 7) is 12.4. The van der Waals surface area contributed by atoms with Crippen LogP contribution >= 0.6 is 0 Å². The van der Waals surface area contributed by atoms with Gasteiger partial charge in [0, 0.05) is 19.4 Å². The predicted octanol–water partition coefficient (Wildman–Crippen LogP) is 6.03. The number of fused-ring (bicyclic) bond motifs is 7. The van der Waals surface area contributed by atoms with Gasteiger partial charge in [-0.1, -0.05) is 27.7 Å². The van der Waals surface area contributed by atoms with Gasteiger partial charge in [0.1, 0.15) is 5.78 Å². The fraction of sp³-hybridized carbons (Fsp3) is 0.964. The van der Waals surface area contributed by atoms with E-state index >= 15 is 0 Å². The molecular weight excluding hydrogens is 384 g/mol. The summed E-state index contributed by atoms with van der Waals surface area (Å²) in [6.07, 6.45) is 12.0. The lowest BCUT2D eigenvalue weighted by Gasteiger charge is -2.60. The highest BCUT2D eigenvalue weighted by Gasteiger charge is 2.67. The van der Waals surface area contributed by atoms with Gasteiger partial charge in [-0.05, 0) is 111 Å². The highest BCUT2D eigenvalue weighted by Crippen LogP contribution is 2.70. The lowest BCUT2D eigenvalue weighted by atomic mass is 9.44. The van der Waals surface area contributed by atoms with Gasteiger partial charge in [0.05, 0.1) is 11.7 Å². The first-order valence-electron chi connectivity index (χ1n) is 13.4. The molecule has 0 aromatic carbocycles. The van der Waals surface area contributed by atoms with Crippen molar-refractivity contribution in [2.75, 3.05) is 6.61 Å². The first-order chi connectivity index (χ1) is 14.6. The Bertz CT molecular complexity index is 719. The number of hydrogen-bond acceptors (Lipinski definition) is 3. The van der Waals surface area contributed by atoms with Crippen LogP contribution in [0.15, 0.2) is 0 Å². The van der Waals surface area contributed by atoms with E-state index in [1.807, 2.05) is 0 Å². The maximum atomic E-state index is 12.2. The van der Waals surface area contributed by atoms with Crippen LogP contribution in [-0.4, -0.2) is 29.2 Å². The molecule has 0 aromatic rings. The van der Waals surface area contributed by atoms with Crippen molar-refractivity contribution in [1.29, 1.82) is 0 Å². The van der Waals surface area contributed by atoms with Crippen LogP contribution in [0.3, 0.4) is 0 Å². The second kappa shape index (κ2) is 7.55. The number of aliphatic hydroxyl groups is 1. The van der Waals surface area contributed by atoms with Gasteiger partial charge < -0.3 is 9.84 Å². The van der Waals surface area contributed by atoms with Crippen molar-refractivity contribution in [1.82, 2.24) is 0 Å². The molecule has 4 aliphatic carbocycles. The molecule has 31 heavy (non-hydrogen) atoms. The SMILES string of the molecule is C[C@H](CO)CC[C@@]1(C)OC2CC3[C@@H]4CC[C@@H]5CC(=O)CC[C@]5(C)C4CC[C@]3(C)C2[C@@H]1C. The van der Waals surface area contributed by atoms with Crippen LogP contribution < -0.4 is 0 Å². The molecule has 1 aliphatic heterocycles. The number of ketones is 1. The van der Waals surface area contributed by atoms with Gasteiger partial charge in [-0.15, -0.1) is 0 Å². The van der Waals surface area contributed by atoms with Crippen molar-refractivity contribution < 1.29 is 14.6 Å². The van der Waals surface area contributed by atoms with E-state index in [9.17, 15) is 9.90 Å². The number of Topliss-reactive ketones (excluding diaryl/α,β-unsaturated/α-hetero) is 1. The van der Waals surface area contributed by atoms with Gasteiger partial charge in [-0.25, -0.2) is 0 Å². The first-order valence-corrected chi connectivity index (χ1v) is 13.4. The molecule has 1 saturated heterocycles. The zero-order valence-corrected chi connectivity index (χ0v) is 20.7. The zero-order chi connectivity index (χ0) is 22.2. The van der Waals surface area contributed by atoms with Gasteiger partial charge >= 0.3 is 0 Å². The van der Waals surface area contributed by atoms with E-state index < -0.39 is 0 Å². The standard InChI is InChI=1S/C28H46O3/c1-17(16-29)8-13-28(5)18(2)25-24(31-28)15-23-21-7-6-19-14-20(30)9-11-26(19,3)22(21)10-12-27(23,25)4/h17-19,21-25,29H,6-16H2,1-5H3/t17-,18-,19+,21+,22?,23?,24?,25?,26-,27-,28+/m0/s1. The average molecular weight is 431 g/mol. The highest BCUT2D eigenvalue weighted by molar-refractivity contribution is 5.79. The summed E-state index contributed by atoms with van der Waals surface area (Å²) in [5.74, 6) is 5.28. The number of carbonyl (C=O) groups excluding carboxylic acids is 1. The van der Waals surface area contributed by atoms with Crippen LogP contribution in [0.4, 0.5) is 0 Å². The fourth-order valence-corrected chi connectivity index (χ4v) is 9.83. The van der Waals surface area contributed by atoms with Gasteiger partial charge in [0.15, 0.2) is 0 Å². The third-order valence-electron chi connectivity index (χ3n) is 11.9. The number of aliphatic hydroxyl groups excluding tert-OH is 1. The number of carbonyl (C=O) groups is 1. The summed E-state index contributed by atoms with van der Waals surface area (Å²) in [6, 6.07) is 0. The lowest BCUT2D eigenvalue weighted by Crippen LogP contribution is -2.54. The first kappa shape index (κ1) is 22.4. The Hall–Kier alpha value is -0.410. The minimum absolute atomic E-state index is 0.0308. The van der Waals surface area contributed by atoms with Gasteiger partial charge in [0.2, 0.25) is 0 Å². The van der Waals surface area contributed by atoms with E-state index in [1.165, 1.54) is 32.1 Å². The smallest absolute Gasteiger partial charge is 0.133 e. The summed E-state index contributed by atoms with van der Waals surface area (Å²) in [5.41, 5.74) is 0.785. The maximum Gasteiger partial charge on any atom is 0.133 e. The Kier molecular flexibility index (Phi) is 5.45. The maximum absolute atomic E-state index is 12.2. The van der Waals surface area contributed by atoms with Crippen LogP contribution in [0.1, 0.15) is 98.8 Å². The summed E-state index contributed by atoms with van der Waals surface area (Å²) < 4.78 is 6.94. The molecule has 0 spiro atoms. The fourth-order valence-electron chi connectivity index (χ4n) is 9.83. The molecule has 176 valence electrons. The topological polar surface area (TPSA) is 46.5 Å². The monoisotopic (exact) mass is 430 g/mol. The minimum atomic E-state index is -0.0308. The number of ether oxygens (including phenoxy) is 1. The average Bonchev–Trinajstić information content (AvgIpc) is 3.17. The van der Waals surface area contributed by atoms with Gasteiger partial charge in [0.25, 0.3) is 0 Å². The van der Waals surface area contributed by atoms with Crippen LogP contribution in [0.25, 0.3) is 0 Å². The number of rotatable bonds is 4. The highest BCUT2D eigenvalue weighted by atomic mass is 16.5. The van der Waals surface area contributed by atoms with Crippen molar-refractivity contribution in [2.45, 2.75) is 111 Å². The van der Waals surface area contributed by atoms with Gasteiger partial charge in [-0.2, -0.15) is 0 Å². The quantitative estimate of drug-likeness (QED) is 0.592. The molecule has 4 unspecified atom stereocenters. The Morgan fingerprint density at radius 2 is 1.87 bits per heavy atom. The molecular formula is C28H46O3. The molecule has 5 fully saturated rings. The summed E-state index contributed by atoms with van der Waals surface area (Å²) in [4.78, 5) is 12.2. The second-order valence-corrected chi connectivity index (χ2v) is 13.3. The van der Waals surface area contributed by atoms with Crippen LogP contribution in [0.5, 0.6) is 0 Å². The molecule has 0 bridgehead atoms. The zero-order valence-electron chi connectivity index (χ0n) is 20.7. The molecule has 0 amide bonds. The molecule has 5 aliphatic rings. The van der Waals surface area contributed by atoms with Crippen molar-refractivity contribution in [3.05, 3.63) is 0 Å². The summed E-state index contributed by atoms with van der Waals surface area (Å²) in [7, 11) is 0. The second-order valence-electron chi connectivity index (χ2n) is 13.3. The van der Waals surface area contributed by atoms with Crippen molar-refractivity contribution >= 4 is 5.78 Å². The van der Waals surface area contributed by atoms with E-state index in [-0.39, 0.29) is 12.2 Å². The summed E-state index contributed by atoms with van der Waals surface area (Å²) in [5, 5.41) is 9.48. The van der Waals surface area contributed by atoms with E-state index in [1.54, 1.807) is 0 Å². The van der Waals surface area contributed by atoms with Crippen molar-refractivity contribution in [3.63, 3.8) is 0 Å². The van der Waals surface area contributed by atoms with E-state index in [0.29, 0.717) is 46.4 Å². The minimum Gasteiger partial charge on any atom is -0.396 e. The Balaban J connectivity index is 1.35. The molecule has 0 aromatic heterocycles. The molecule has 0 radical (unpaired) electrons. The predicted molar refractivity (Wildman–Crippen MR) is 124 cm³/mol. The normalized spacial score (nSPS) is 54.6. The van der Waals surface area contributed by atoms with E-state index in [2.05, 4.69) is 34.6 Å². The Labute approximate surface area is 190 Å². The largest absolute Gasteiger partial charge is 0.396 e. The molecule has 5 rings (SSSR count). The molecule has 3 heteroatoms. The van der Waals surface area contributed by atoms with E-state index in [4.69, 9.17) is 4.74 Å². The van der Waals surface area contributed by atoms with E-state index in [0.717, 1.165) is 49.9 Å². The lowest BCUT2D eigenvalue weighted by molar-refractivity contribution is -0.141. The number of hydrogen-bond donors (Lipinski definition) is 1. The van der Waals surface area contributed by atoms with Crippen LogP contribution in [-0.2, 0) is 9.53 Å². The Morgan fingerprint density at radius 1 is 1.10 bits per heavy atom. The van der Waals surface area contributed by atoms with Crippen molar-refractivity contribution in [3.8, 4) is 0 Å². The molecule has 1 heterocycles. The third-order valence-corrected chi connectivity index (χ3v) is 11.9. The third kappa shape index (κ3) is 3.22. The molecule has 3 nitrogen and oxygen atoms in total. The molecule has 1 N–H and O–H groups in total. The van der Waals surface area contributed by atoms with Crippen molar-refractivity contribution in [2.24, 2.45) is 52.3 Å². The van der Waals surface area contributed by atoms with Crippen LogP contribution in [0, 0.1) is 52.3 Å². The molecule has 11 atom stereocenters.